The van der Waals surface area contributed by atoms with Crippen LogP contribution >= 0.6 is 0 Å². The van der Waals surface area contributed by atoms with E-state index in [1.54, 1.807) is 31.2 Å². The molecular weight excluding hydrogens is 378 g/mol. The van der Waals surface area contributed by atoms with Crippen molar-refractivity contribution in [1.82, 2.24) is 19.6 Å². The summed E-state index contributed by atoms with van der Waals surface area (Å²) < 4.78 is 2.78. The lowest BCUT2D eigenvalue weighted by atomic mass is 10.2. The highest BCUT2D eigenvalue weighted by Crippen LogP contribution is 2.21. The van der Waals surface area contributed by atoms with Crippen LogP contribution in [0.2, 0.25) is 0 Å². The Morgan fingerprint density at radius 1 is 0.966 bits per heavy atom. The Labute approximate surface area is 165 Å². The predicted molar refractivity (Wildman–Crippen MR) is 105 cm³/mol. The molecule has 11 nitrogen and oxygen atoms in total. The topological polar surface area (TPSA) is 137 Å². The van der Waals surface area contributed by atoms with Crippen molar-refractivity contribution in [2.75, 3.05) is 10.6 Å². The van der Waals surface area contributed by atoms with Gasteiger partial charge in [-0.15, -0.1) is 0 Å². The van der Waals surface area contributed by atoms with Crippen molar-refractivity contribution < 1.29 is 14.5 Å². The quantitative estimate of drug-likeness (QED) is 0.464. The number of rotatable bonds is 7. The van der Waals surface area contributed by atoms with Crippen molar-refractivity contribution in [3.05, 3.63) is 64.2 Å². The van der Waals surface area contributed by atoms with Crippen LogP contribution < -0.4 is 10.6 Å². The molecule has 1 aromatic carbocycles. The number of nitrogens with one attached hydrogen (secondary N) is 2. The van der Waals surface area contributed by atoms with Gasteiger partial charge >= 0.3 is 5.69 Å². The van der Waals surface area contributed by atoms with Gasteiger partial charge in [-0.25, -0.2) is 0 Å². The van der Waals surface area contributed by atoms with E-state index in [2.05, 4.69) is 20.8 Å². The molecule has 0 spiro atoms. The monoisotopic (exact) mass is 397 g/mol. The van der Waals surface area contributed by atoms with Gasteiger partial charge in [-0.2, -0.15) is 10.2 Å². The van der Waals surface area contributed by atoms with Crippen LogP contribution in [-0.2, 0) is 13.1 Å². The van der Waals surface area contributed by atoms with Gasteiger partial charge in [-0.1, -0.05) is 18.2 Å². The van der Waals surface area contributed by atoms with Crippen molar-refractivity contribution in [3.8, 4) is 0 Å². The fourth-order valence-electron chi connectivity index (χ4n) is 2.60. The molecule has 3 aromatic rings. The zero-order valence-corrected chi connectivity index (χ0v) is 15.8. The second-order valence-electron chi connectivity index (χ2n) is 6.00. The first-order valence-corrected chi connectivity index (χ1v) is 8.90. The summed E-state index contributed by atoms with van der Waals surface area (Å²) in [6.45, 7) is 4.40. The smallest absolute Gasteiger partial charge is 0.320 e. The molecule has 0 saturated carbocycles. The zero-order chi connectivity index (χ0) is 21.0. The Kier molecular flexibility index (Phi) is 5.67. The molecule has 150 valence electrons. The lowest BCUT2D eigenvalue weighted by Gasteiger charge is -2.05. The number of anilines is 2. The maximum Gasteiger partial charge on any atom is 0.320 e. The second kappa shape index (κ2) is 8.33. The highest BCUT2D eigenvalue weighted by molar-refractivity contribution is 6.11. The van der Waals surface area contributed by atoms with E-state index in [1.807, 2.05) is 13.0 Å². The minimum absolute atomic E-state index is 0.0124. The first-order chi connectivity index (χ1) is 13.9. The first-order valence-electron chi connectivity index (χ1n) is 8.90. The largest absolute Gasteiger partial charge is 0.321 e. The van der Waals surface area contributed by atoms with Gasteiger partial charge < -0.3 is 10.6 Å². The number of nitro groups is 1. The maximum atomic E-state index is 12.6. The van der Waals surface area contributed by atoms with Gasteiger partial charge in [0.1, 0.15) is 6.20 Å². The molecule has 0 bridgehead atoms. The molecule has 2 heterocycles. The minimum Gasteiger partial charge on any atom is -0.321 e. The molecule has 0 atom stereocenters. The van der Waals surface area contributed by atoms with Crippen LogP contribution in [0.5, 0.6) is 0 Å². The van der Waals surface area contributed by atoms with Gasteiger partial charge in [-0.05, 0) is 26.0 Å². The summed E-state index contributed by atoms with van der Waals surface area (Å²) in [7, 11) is 0. The fraction of sp³-hybridized carbons (Fsp3) is 0.222. The Hall–Kier alpha value is -4.02. The Balaban J connectivity index is 1.88. The van der Waals surface area contributed by atoms with E-state index in [1.165, 1.54) is 21.8 Å². The van der Waals surface area contributed by atoms with E-state index in [-0.39, 0.29) is 17.1 Å². The second-order valence-corrected chi connectivity index (χ2v) is 6.00. The number of amides is 2. The van der Waals surface area contributed by atoms with Crippen LogP contribution in [0.4, 0.5) is 17.1 Å². The normalized spacial score (nSPS) is 10.6. The summed E-state index contributed by atoms with van der Waals surface area (Å²) in [4.78, 5) is 35.8. The number of carbonyl (C=O) groups excluding carboxylic acids is 2. The highest BCUT2D eigenvalue weighted by Gasteiger charge is 2.27. The third kappa shape index (κ3) is 4.29. The van der Waals surface area contributed by atoms with Gasteiger partial charge in [0, 0.05) is 25.0 Å². The number of hydrogen-bond donors (Lipinski definition) is 2. The summed E-state index contributed by atoms with van der Waals surface area (Å²) in [5.41, 5.74) is -0.0663. The van der Waals surface area contributed by atoms with Crippen LogP contribution in [0.3, 0.4) is 0 Å². The molecule has 0 aliphatic rings. The molecule has 2 aromatic heterocycles. The van der Waals surface area contributed by atoms with E-state index >= 15 is 0 Å². The lowest BCUT2D eigenvalue weighted by molar-refractivity contribution is -0.385. The third-order valence-electron chi connectivity index (χ3n) is 4.06. The molecule has 0 fully saturated rings. The number of aryl methyl sites for hydroxylation is 2. The van der Waals surface area contributed by atoms with Crippen molar-refractivity contribution in [3.63, 3.8) is 0 Å². The van der Waals surface area contributed by atoms with Crippen LogP contribution in [0, 0.1) is 10.1 Å². The van der Waals surface area contributed by atoms with Crippen LogP contribution in [0.25, 0.3) is 0 Å². The number of para-hydroxylation sites is 1. The molecule has 3 rings (SSSR count). The summed E-state index contributed by atoms with van der Waals surface area (Å²) >= 11 is 0. The third-order valence-corrected chi connectivity index (χ3v) is 4.06. The van der Waals surface area contributed by atoms with Gasteiger partial charge in [-0.3, -0.25) is 29.1 Å². The molecule has 0 unspecified atom stereocenters. The van der Waals surface area contributed by atoms with E-state index < -0.39 is 22.4 Å². The number of nitrogens with zero attached hydrogens (tertiary/aromatic N) is 5. The van der Waals surface area contributed by atoms with Gasteiger partial charge in [0.25, 0.3) is 11.8 Å². The van der Waals surface area contributed by atoms with Crippen LogP contribution in [0.1, 0.15) is 34.8 Å². The van der Waals surface area contributed by atoms with E-state index in [4.69, 9.17) is 0 Å². The van der Waals surface area contributed by atoms with E-state index in [0.29, 0.717) is 18.8 Å². The predicted octanol–water partition coefficient (Wildman–Crippen LogP) is 2.53. The SMILES string of the molecule is CCn1cc(NC(=O)c2nn(CC)cc2[N+](=O)[O-])c(C(=O)Nc2ccccc2)n1. The Morgan fingerprint density at radius 2 is 1.55 bits per heavy atom. The van der Waals surface area contributed by atoms with Crippen molar-refractivity contribution >= 4 is 28.9 Å². The van der Waals surface area contributed by atoms with Gasteiger partial charge in [0.2, 0.25) is 5.69 Å². The van der Waals surface area contributed by atoms with Gasteiger partial charge in [0.05, 0.1) is 10.6 Å². The average molecular weight is 397 g/mol. The van der Waals surface area contributed by atoms with Crippen molar-refractivity contribution in [2.24, 2.45) is 0 Å². The molecule has 0 saturated heterocycles. The van der Waals surface area contributed by atoms with Gasteiger partial charge in [0.15, 0.2) is 5.69 Å². The molecule has 2 N–H and O–H groups in total. The summed E-state index contributed by atoms with van der Waals surface area (Å²) in [6, 6.07) is 8.79. The number of benzene rings is 1. The van der Waals surface area contributed by atoms with E-state index in [0.717, 1.165) is 0 Å². The van der Waals surface area contributed by atoms with E-state index in [9.17, 15) is 19.7 Å². The maximum absolute atomic E-state index is 12.6. The summed E-state index contributed by atoms with van der Waals surface area (Å²) in [6.07, 6.45) is 2.67. The molecule has 0 radical (unpaired) electrons. The lowest BCUT2D eigenvalue weighted by Crippen LogP contribution is -2.19. The summed E-state index contributed by atoms with van der Waals surface area (Å²) in [5.74, 6) is -1.32. The number of hydrogen-bond acceptors (Lipinski definition) is 6. The van der Waals surface area contributed by atoms with Crippen molar-refractivity contribution in [2.45, 2.75) is 26.9 Å². The number of carbonyl (C=O) groups is 2. The molecule has 0 aliphatic heterocycles. The Bertz CT molecular complexity index is 1060. The standard InChI is InChI=1S/C18H19N7O4/c1-3-23-10-13(15(21-23)17(26)19-12-8-6-5-7-9-12)20-18(27)16-14(25(28)29)11-24(4-2)22-16/h5-11H,3-4H2,1-2H3,(H,19,26)(H,20,27). The van der Waals surface area contributed by atoms with Crippen LogP contribution in [-0.4, -0.2) is 36.3 Å². The zero-order valence-electron chi connectivity index (χ0n) is 15.8. The molecule has 0 aliphatic carbocycles. The van der Waals surface area contributed by atoms with Crippen LogP contribution in [0.15, 0.2) is 42.7 Å². The minimum atomic E-state index is -0.798. The van der Waals surface area contributed by atoms with Crippen molar-refractivity contribution in [1.29, 1.82) is 0 Å². The Morgan fingerprint density at radius 3 is 2.17 bits per heavy atom. The summed E-state index contributed by atoms with van der Waals surface area (Å²) in [5, 5.41) is 24.6. The average Bonchev–Trinajstić information content (AvgIpc) is 3.33. The highest BCUT2D eigenvalue weighted by atomic mass is 16.6. The molecule has 11 heteroatoms. The number of aromatic nitrogens is 4. The molecule has 29 heavy (non-hydrogen) atoms. The molecule has 2 amide bonds. The first kappa shape index (κ1) is 19.7. The molecular formula is C18H19N7O4. The fourth-order valence-corrected chi connectivity index (χ4v) is 2.60.